The van der Waals surface area contributed by atoms with E-state index in [1.54, 1.807) is 16.8 Å². The Morgan fingerprint density at radius 3 is 3.05 bits per heavy atom. The Bertz CT molecular complexity index is 615. The minimum atomic E-state index is -0.300. The molecular formula is C14H16BrFN4O. The van der Waals surface area contributed by atoms with Crippen LogP contribution in [-0.4, -0.2) is 27.6 Å². The highest BCUT2D eigenvalue weighted by Crippen LogP contribution is 2.21. The van der Waals surface area contributed by atoms with Crippen LogP contribution in [0.4, 0.5) is 4.39 Å². The van der Waals surface area contributed by atoms with Gasteiger partial charge in [-0.25, -0.2) is 9.07 Å². The topological polar surface area (TPSA) is 52.0 Å². The largest absolute Gasteiger partial charge is 0.492 e. The number of benzene rings is 1. The molecule has 1 aromatic carbocycles. The van der Waals surface area contributed by atoms with Crippen LogP contribution < -0.4 is 10.1 Å². The number of hydrogen-bond acceptors (Lipinski definition) is 4. The van der Waals surface area contributed by atoms with Gasteiger partial charge in [-0.15, -0.1) is 5.10 Å². The summed E-state index contributed by atoms with van der Waals surface area (Å²) in [6, 6.07) is 5.25. The van der Waals surface area contributed by atoms with Gasteiger partial charge in [0.2, 0.25) is 0 Å². The highest BCUT2D eigenvalue weighted by molar-refractivity contribution is 9.10. The van der Waals surface area contributed by atoms with Gasteiger partial charge in [0.15, 0.2) is 0 Å². The van der Waals surface area contributed by atoms with E-state index in [2.05, 4.69) is 31.6 Å². The molecule has 1 aliphatic carbocycles. The van der Waals surface area contributed by atoms with Crippen molar-refractivity contribution in [1.82, 2.24) is 20.3 Å². The van der Waals surface area contributed by atoms with Crippen LogP contribution in [0.3, 0.4) is 0 Å². The van der Waals surface area contributed by atoms with Gasteiger partial charge in [-0.3, -0.25) is 0 Å². The second-order valence-electron chi connectivity index (χ2n) is 5.05. The van der Waals surface area contributed by atoms with Crippen molar-refractivity contribution in [3.8, 4) is 5.75 Å². The van der Waals surface area contributed by atoms with Gasteiger partial charge in [-0.1, -0.05) is 5.21 Å². The van der Waals surface area contributed by atoms with Gasteiger partial charge >= 0.3 is 0 Å². The normalized spacial score (nSPS) is 14.4. The van der Waals surface area contributed by atoms with Crippen LogP contribution in [0.2, 0.25) is 0 Å². The molecule has 0 amide bonds. The van der Waals surface area contributed by atoms with Gasteiger partial charge in [0.05, 0.1) is 16.7 Å². The molecule has 0 radical (unpaired) electrons. The maximum absolute atomic E-state index is 13.1. The summed E-state index contributed by atoms with van der Waals surface area (Å²) in [5, 5.41) is 11.6. The average molecular weight is 355 g/mol. The van der Waals surface area contributed by atoms with Crippen LogP contribution in [0.25, 0.3) is 0 Å². The van der Waals surface area contributed by atoms with Crippen LogP contribution in [0.1, 0.15) is 18.5 Å². The molecule has 1 N–H and O–H groups in total. The zero-order chi connectivity index (χ0) is 14.7. The molecule has 7 heteroatoms. The molecule has 112 valence electrons. The van der Waals surface area contributed by atoms with Crippen molar-refractivity contribution in [3.05, 3.63) is 40.4 Å². The molecule has 1 fully saturated rings. The Hall–Kier alpha value is -1.47. The summed E-state index contributed by atoms with van der Waals surface area (Å²) < 4.78 is 20.8. The lowest BCUT2D eigenvalue weighted by molar-refractivity contribution is 0.289. The Kier molecular flexibility index (Phi) is 4.50. The minimum absolute atomic E-state index is 0.300. The molecule has 1 aromatic heterocycles. The highest BCUT2D eigenvalue weighted by atomic mass is 79.9. The number of hydrogen-bond donors (Lipinski definition) is 1. The molecule has 0 saturated heterocycles. The van der Waals surface area contributed by atoms with Crippen LogP contribution in [0.5, 0.6) is 5.75 Å². The van der Waals surface area contributed by atoms with Crippen molar-refractivity contribution in [2.24, 2.45) is 0 Å². The lowest BCUT2D eigenvalue weighted by Crippen LogP contribution is -2.15. The summed E-state index contributed by atoms with van der Waals surface area (Å²) in [6.07, 6.45) is 4.43. The van der Waals surface area contributed by atoms with Crippen LogP contribution in [0, 0.1) is 5.82 Å². The van der Waals surface area contributed by atoms with E-state index in [9.17, 15) is 4.39 Å². The van der Waals surface area contributed by atoms with Crippen LogP contribution >= 0.6 is 15.9 Å². The predicted molar refractivity (Wildman–Crippen MR) is 79.5 cm³/mol. The van der Waals surface area contributed by atoms with E-state index in [0.717, 1.165) is 12.2 Å². The standard InChI is InChI=1S/C14H16BrFN4O/c15-13-7-12(3-4-14(13)16)21-6-5-20-9-11(18-19-20)8-17-10-1-2-10/h3-4,7,9-10,17H,1-2,5-6,8H2. The van der Waals surface area contributed by atoms with Crippen molar-refractivity contribution < 1.29 is 9.13 Å². The quantitative estimate of drug-likeness (QED) is 0.829. The monoisotopic (exact) mass is 354 g/mol. The van der Waals surface area contributed by atoms with Crippen molar-refractivity contribution in [3.63, 3.8) is 0 Å². The fourth-order valence-electron chi connectivity index (χ4n) is 1.89. The molecule has 0 bridgehead atoms. The average Bonchev–Trinajstić information content (AvgIpc) is 3.20. The zero-order valence-electron chi connectivity index (χ0n) is 11.4. The van der Waals surface area contributed by atoms with E-state index in [1.165, 1.54) is 18.9 Å². The van der Waals surface area contributed by atoms with Gasteiger partial charge in [-0.05, 0) is 47.0 Å². The van der Waals surface area contributed by atoms with E-state index < -0.39 is 0 Å². The molecule has 2 aromatic rings. The maximum Gasteiger partial charge on any atom is 0.137 e. The molecule has 0 aliphatic heterocycles. The van der Waals surface area contributed by atoms with Crippen molar-refractivity contribution in [2.45, 2.75) is 32.0 Å². The molecule has 3 rings (SSSR count). The molecule has 1 heterocycles. The van der Waals surface area contributed by atoms with E-state index in [4.69, 9.17) is 4.74 Å². The van der Waals surface area contributed by atoms with E-state index in [-0.39, 0.29) is 5.82 Å². The number of ether oxygens (including phenoxy) is 1. The number of halogens is 2. The Balaban J connectivity index is 1.44. The third-order valence-corrected chi connectivity index (χ3v) is 3.82. The van der Waals surface area contributed by atoms with Crippen molar-refractivity contribution >= 4 is 15.9 Å². The number of nitrogens with one attached hydrogen (secondary N) is 1. The number of nitrogens with zero attached hydrogens (tertiary/aromatic N) is 3. The molecule has 0 spiro atoms. The second kappa shape index (κ2) is 6.53. The Labute approximate surface area is 130 Å². The van der Waals surface area contributed by atoms with Gasteiger partial charge < -0.3 is 10.1 Å². The summed E-state index contributed by atoms with van der Waals surface area (Å²) in [5.41, 5.74) is 0.937. The first-order chi connectivity index (χ1) is 10.2. The first-order valence-corrected chi connectivity index (χ1v) is 7.70. The van der Waals surface area contributed by atoms with E-state index >= 15 is 0 Å². The van der Waals surface area contributed by atoms with Gasteiger partial charge in [-0.2, -0.15) is 0 Å². The molecule has 0 unspecified atom stereocenters. The molecule has 5 nitrogen and oxygen atoms in total. The Morgan fingerprint density at radius 1 is 1.43 bits per heavy atom. The predicted octanol–water partition coefficient (Wildman–Crippen LogP) is 2.51. The summed E-state index contributed by atoms with van der Waals surface area (Å²) in [6.45, 7) is 1.82. The molecule has 1 aliphatic rings. The van der Waals surface area contributed by atoms with E-state index in [1.807, 2.05) is 6.20 Å². The third-order valence-electron chi connectivity index (χ3n) is 3.22. The van der Waals surface area contributed by atoms with Gasteiger partial charge in [0, 0.05) is 18.8 Å². The smallest absolute Gasteiger partial charge is 0.137 e. The lowest BCUT2D eigenvalue weighted by Gasteiger charge is -2.06. The second-order valence-corrected chi connectivity index (χ2v) is 5.91. The third kappa shape index (κ3) is 4.25. The SMILES string of the molecule is Fc1ccc(OCCn2cc(CNC3CC3)nn2)cc1Br. The first-order valence-electron chi connectivity index (χ1n) is 6.91. The zero-order valence-corrected chi connectivity index (χ0v) is 13.0. The Morgan fingerprint density at radius 2 is 2.29 bits per heavy atom. The fourth-order valence-corrected chi connectivity index (χ4v) is 2.25. The summed E-state index contributed by atoms with van der Waals surface area (Å²) in [4.78, 5) is 0. The molecule has 21 heavy (non-hydrogen) atoms. The summed E-state index contributed by atoms with van der Waals surface area (Å²) in [5.74, 6) is 0.324. The fraction of sp³-hybridized carbons (Fsp3) is 0.429. The van der Waals surface area contributed by atoms with Gasteiger partial charge in [0.25, 0.3) is 0 Å². The lowest BCUT2D eigenvalue weighted by atomic mass is 10.3. The highest BCUT2D eigenvalue weighted by Gasteiger charge is 2.20. The van der Waals surface area contributed by atoms with Crippen molar-refractivity contribution in [2.75, 3.05) is 6.61 Å². The van der Waals surface area contributed by atoms with E-state index in [0.29, 0.717) is 29.4 Å². The molecule has 1 saturated carbocycles. The maximum atomic E-state index is 13.1. The first kappa shape index (κ1) is 14.5. The van der Waals surface area contributed by atoms with Gasteiger partial charge in [0.1, 0.15) is 18.2 Å². The summed E-state index contributed by atoms with van der Waals surface area (Å²) in [7, 11) is 0. The molecule has 0 atom stereocenters. The number of rotatable bonds is 7. The van der Waals surface area contributed by atoms with Crippen molar-refractivity contribution in [1.29, 1.82) is 0 Å². The van der Waals surface area contributed by atoms with Crippen LogP contribution in [0.15, 0.2) is 28.9 Å². The molecular weight excluding hydrogens is 339 g/mol. The number of aromatic nitrogens is 3. The minimum Gasteiger partial charge on any atom is -0.492 e. The van der Waals surface area contributed by atoms with Crippen LogP contribution in [-0.2, 0) is 13.1 Å². The summed E-state index contributed by atoms with van der Waals surface area (Å²) >= 11 is 3.13.